The lowest BCUT2D eigenvalue weighted by atomic mass is 9.98. The Kier molecular flexibility index (Phi) is 5.15. The second-order valence-corrected chi connectivity index (χ2v) is 7.98. The summed E-state index contributed by atoms with van der Waals surface area (Å²) < 4.78 is 5.74. The van der Waals surface area contributed by atoms with Crippen LogP contribution in [0.25, 0.3) is 22.3 Å². The molecule has 0 amide bonds. The highest BCUT2D eigenvalue weighted by Crippen LogP contribution is 2.44. The van der Waals surface area contributed by atoms with E-state index < -0.39 is 11.9 Å². The Bertz CT molecular complexity index is 1350. The number of para-hydroxylation sites is 1. The van der Waals surface area contributed by atoms with Crippen molar-refractivity contribution in [1.82, 2.24) is 0 Å². The van der Waals surface area contributed by atoms with Crippen LogP contribution in [-0.4, -0.2) is 23.7 Å². The zero-order valence-corrected chi connectivity index (χ0v) is 17.7. The molecule has 0 fully saturated rings. The van der Waals surface area contributed by atoms with Crippen molar-refractivity contribution >= 4 is 17.6 Å². The first-order valence-corrected chi connectivity index (χ1v) is 10.6. The molecule has 3 N–H and O–H groups in total. The van der Waals surface area contributed by atoms with Crippen LogP contribution in [0.2, 0.25) is 0 Å². The fourth-order valence-corrected chi connectivity index (χ4v) is 4.50. The molecule has 162 valence electrons. The van der Waals surface area contributed by atoms with Crippen molar-refractivity contribution in [2.24, 2.45) is 0 Å². The fourth-order valence-electron chi connectivity index (χ4n) is 4.50. The van der Waals surface area contributed by atoms with Gasteiger partial charge in [0.2, 0.25) is 0 Å². The molecule has 0 aromatic heterocycles. The van der Waals surface area contributed by atoms with Gasteiger partial charge in [-0.2, -0.15) is 0 Å². The van der Waals surface area contributed by atoms with Crippen LogP contribution in [0, 0.1) is 0 Å². The van der Waals surface area contributed by atoms with Crippen molar-refractivity contribution in [3.8, 4) is 22.3 Å². The molecule has 0 aliphatic heterocycles. The summed E-state index contributed by atoms with van der Waals surface area (Å²) in [5, 5.41) is 9.34. The molecule has 1 aliphatic carbocycles. The molecule has 4 aromatic rings. The number of nitrogens with two attached hydrogens (primary N) is 1. The molecule has 0 atom stereocenters. The van der Waals surface area contributed by atoms with Crippen LogP contribution in [0.3, 0.4) is 0 Å². The number of carboxylic acids is 1. The molecule has 0 saturated heterocycles. The summed E-state index contributed by atoms with van der Waals surface area (Å²) in [7, 11) is 0. The van der Waals surface area contributed by atoms with Gasteiger partial charge in [0.05, 0.1) is 16.8 Å². The summed E-state index contributed by atoms with van der Waals surface area (Å²) in [6.07, 6.45) is 0. The Morgan fingerprint density at radius 2 is 1.39 bits per heavy atom. The Morgan fingerprint density at radius 3 is 2.06 bits per heavy atom. The molecule has 33 heavy (non-hydrogen) atoms. The molecule has 0 radical (unpaired) electrons. The van der Waals surface area contributed by atoms with Crippen LogP contribution in [0.5, 0.6) is 0 Å². The molecule has 1 aliphatic rings. The van der Waals surface area contributed by atoms with Crippen LogP contribution in [0.1, 0.15) is 37.8 Å². The maximum absolute atomic E-state index is 12.9. The van der Waals surface area contributed by atoms with Crippen molar-refractivity contribution in [2.75, 3.05) is 12.3 Å². The van der Waals surface area contributed by atoms with Crippen molar-refractivity contribution in [3.05, 3.63) is 113 Å². The van der Waals surface area contributed by atoms with E-state index in [-0.39, 0.29) is 23.8 Å². The molecular weight excluding hydrogens is 414 g/mol. The number of carboxylic acid groups (broad SMARTS) is 1. The summed E-state index contributed by atoms with van der Waals surface area (Å²) in [4.78, 5) is 24.3. The van der Waals surface area contributed by atoms with Crippen molar-refractivity contribution in [1.29, 1.82) is 0 Å². The van der Waals surface area contributed by atoms with Crippen LogP contribution in [-0.2, 0) is 4.74 Å². The average Bonchev–Trinajstić information content (AvgIpc) is 3.16. The van der Waals surface area contributed by atoms with E-state index in [1.807, 2.05) is 24.3 Å². The minimum absolute atomic E-state index is 0.0209. The highest BCUT2D eigenvalue weighted by Gasteiger charge is 2.29. The maximum atomic E-state index is 12.9. The number of carbonyl (C=O) groups is 2. The van der Waals surface area contributed by atoms with E-state index in [0.717, 1.165) is 11.1 Å². The zero-order chi connectivity index (χ0) is 22.9. The molecule has 5 rings (SSSR count). The topological polar surface area (TPSA) is 89.6 Å². The number of carbonyl (C=O) groups excluding carboxylic acids is 1. The number of ether oxygens (including phenoxy) is 1. The number of esters is 1. The van der Waals surface area contributed by atoms with Gasteiger partial charge in [0.25, 0.3) is 0 Å². The van der Waals surface area contributed by atoms with Crippen LogP contribution in [0.4, 0.5) is 5.69 Å². The van der Waals surface area contributed by atoms with Gasteiger partial charge < -0.3 is 15.6 Å². The monoisotopic (exact) mass is 435 g/mol. The van der Waals surface area contributed by atoms with Gasteiger partial charge in [0.15, 0.2) is 0 Å². The Morgan fingerprint density at radius 1 is 0.788 bits per heavy atom. The predicted octanol–water partition coefficient (Wildman–Crippen LogP) is 5.60. The quantitative estimate of drug-likeness (QED) is 0.314. The first-order valence-electron chi connectivity index (χ1n) is 10.6. The smallest absolute Gasteiger partial charge is 0.338 e. The lowest BCUT2D eigenvalue weighted by molar-refractivity contribution is 0.0493. The summed E-state index contributed by atoms with van der Waals surface area (Å²) in [6, 6.07) is 28.1. The Balaban J connectivity index is 1.39. The first-order chi connectivity index (χ1) is 16.0. The van der Waals surface area contributed by atoms with Gasteiger partial charge in [-0.15, -0.1) is 0 Å². The molecule has 4 aromatic carbocycles. The lowest BCUT2D eigenvalue weighted by Crippen LogP contribution is -2.12. The number of nitrogen functional groups attached to an aromatic ring is 1. The minimum Gasteiger partial charge on any atom is -0.478 e. The van der Waals surface area contributed by atoms with Crippen LogP contribution in [0.15, 0.2) is 91.0 Å². The summed E-state index contributed by atoms with van der Waals surface area (Å²) >= 11 is 0. The number of rotatable bonds is 5. The van der Waals surface area contributed by atoms with Gasteiger partial charge in [0, 0.05) is 11.5 Å². The number of benzene rings is 4. The Hall–Kier alpha value is -4.38. The zero-order valence-electron chi connectivity index (χ0n) is 17.7. The number of hydrogen-bond donors (Lipinski definition) is 2. The van der Waals surface area contributed by atoms with Gasteiger partial charge >= 0.3 is 11.9 Å². The summed E-state index contributed by atoms with van der Waals surface area (Å²) in [6.45, 7) is 0.230. The van der Waals surface area contributed by atoms with E-state index in [4.69, 9.17) is 10.5 Å². The second kappa shape index (κ2) is 8.28. The van der Waals surface area contributed by atoms with E-state index in [1.54, 1.807) is 36.4 Å². The second-order valence-electron chi connectivity index (χ2n) is 7.98. The highest BCUT2D eigenvalue weighted by atomic mass is 16.5. The summed E-state index contributed by atoms with van der Waals surface area (Å²) in [5.74, 6) is -1.55. The molecular formula is C28H21NO4. The molecule has 0 heterocycles. The van der Waals surface area contributed by atoms with Gasteiger partial charge in [-0.3, -0.25) is 0 Å². The van der Waals surface area contributed by atoms with E-state index in [0.29, 0.717) is 16.7 Å². The molecule has 5 heteroatoms. The molecule has 5 nitrogen and oxygen atoms in total. The van der Waals surface area contributed by atoms with Crippen molar-refractivity contribution in [2.45, 2.75) is 5.92 Å². The third-order valence-corrected chi connectivity index (χ3v) is 6.09. The van der Waals surface area contributed by atoms with Gasteiger partial charge in [-0.05, 0) is 46.0 Å². The van der Waals surface area contributed by atoms with E-state index in [2.05, 4.69) is 24.3 Å². The van der Waals surface area contributed by atoms with Crippen LogP contribution < -0.4 is 5.73 Å². The van der Waals surface area contributed by atoms with Gasteiger partial charge in [0.1, 0.15) is 6.61 Å². The average molecular weight is 435 g/mol. The number of hydrogen-bond acceptors (Lipinski definition) is 4. The normalized spacial score (nSPS) is 12.1. The molecule has 0 saturated carbocycles. The third-order valence-electron chi connectivity index (χ3n) is 6.09. The molecule has 0 bridgehead atoms. The predicted molar refractivity (Wildman–Crippen MR) is 127 cm³/mol. The first kappa shape index (κ1) is 20.5. The minimum atomic E-state index is -1.10. The third kappa shape index (κ3) is 3.64. The van der Waals surface area contributed by atoms with Crippen molar-refractivity contribution < 1.29 is 19.4 Å². The van der Waals surface area contributed by atoms with E-state index in [9.17, 15) is 14.7 Å². The number of anilines is 1. The molecule has 0 spiro atoms. The lowest BCUT2D eigenvalue weighted by Gasteiger charge is -2.15. The van der Waals surface area contributed by atoms with Gasteiger partial charge in [-0.1, -0.05) is 72.8 Å². The SMILES string of the molecule is Nc1c(C(=O)O)cccc1-c1cccc(C(=O)OCC2c3ccccc3-c3ccccc32)c1. The number of aromatic carboxylic acids is 1. The highest BCUT2D eigenvalue weighted by molar-refractivity contribution is 5.99. The molecule has 0 unspecified atom stereocenters. The Labute approximate surface area is 191 Å². The standard InChI is InChI=1S/C28H21NO4/c29-26-19(13-6-14-24(26)27(30)31)17-7-5-8-18(15-17)28(32)33-16-25-22-11-3-1-9-20(22)21-10-2-4-12-23(21)25/h1-15,25H,16,29H2,(H,30,31). The maximum Gasteiger partial charge on any atom is 0.338 e. The van der Waals surface area contributed by atoms with E-state index >= 15 is 0 Å². The largest absolute Gasteiger partial charge is 0.478 e. The fraction of sp³-hybridized carbons (Fsp3) is 0.0714. The van der Waals surface area contributed by atoms with Gasteiger partial charge in [-0.25, -0.2) is 9.59 Å². The van der Waals surface area contributed by atoms with Crippen LogP contribution >= 0.6 is 0 Å². The van der Waals surface area contributed by atoms with Crippen molar-refractivity contribution in [3.63, 3.8) is 0 Å². The summed E-state index contributed by atoms with van der Waals surface area (Å²) in [5.41, 5.74) is 12.5. The van der Waals surface area contributed by atoms with E-state index in [1.165, 1.54) is 17.2 Å². The number of fused-ring (bicyclic) bond motifs is 3.